The summed E-state index contributed by atoms with van der Waals surface area (Å²) >= 11 is 1.80. The lowest BCUT2D eigenvalue weighted by Crippen LogP contribution is -2.38. The van der Waals surface area contributed by atoms with E-state index >= 15 is 0 Å². The molecule has 2 heterocycles. The van der Waals surface area contributed by atoms with Crippen LogP contribution in [0.4, 0.5) is 5.69 Å². The number of hydrogen-bond donors (Lipinski definition) is 1. The average Bonchev–Trinajstić information content (AvgIpc) is 3.18. The number of carbonyl (C=O) groups is 1. The molecule has 3 aromatic rings. The number of ether oxygens (including phenoxy) is 2. The number of para-hydroxylation sites is 1. The number of piperidine rings is 1. The van der Waals surface area contributed by atoms with Gasteiger partial charge in [-0.05, 0) is 38.1 Å². The number of amides is 1. The van der Waals surface area contributed by atoms with Crippen LogP contribution >= 0.6 is 11.3 Å². The van der Waals surface area contributed by atoms with Crippen molar-refractivity contribution >= 4 is 33.1 Å². The van der Waals surface area contributed by atoms with E-state index in [1.54, 1.807) is 43.8 Å². The summed E-state index contributed by atoms with van der Waals surface area (Å²) < 4.78 is 11.8. The van der Waals surface area contributed by atoms with Gasteiger partial charge < -0.3 is 14.8 Å². The molecule has 1 aliphatic heterocycles. The topological polar surface area (TPSA) is 63.7 Å². The van der Waals surface area contributed by atoms with Gasteiger partial charge in [0.15, 0.2) is 0 Å². The highest BCUT2D eigenvalue weighted by Gasteiger charge is 2.24. The Morgan fingerprint density at radius 1 is 1.14 bits per heavy atom. The molecule has 0 radical (unpaired) electrons. The molecule has 1 aromatic heterocycles. The second-order valence-electron chi connectivity index (χ2n) is 7.22. The summed E-state index contributed by atoms with van der Waals surface area (Å²) in [5.74, 6) is 1.75. The zero-order valence-electron chi connectivity index (χ0n) is 16.7. The maximum Gasteiger partial charge on any atom is 0.238 e. The Morgan fingerprint density at radius 3 is 2.48 bits per heavy atom. The number of rotatable bonds is 6. The van der Waals surface area contributed by atoms with Crippen LogP contribution in [-0.2, 0) is 4.79 Å². The summed E-state index contributed by atoms with van der Waals surface area (Å²) in [6.07, 6.45) is 2.06. The lowest BCUT2D eigenvalue weighted by molar-refractivity contribution is -0.117. The molecule has 1 aliphatic rings. The fraction of sp³-hybridized carbons (Fsp3) is 0.364. The minimum absolute atomic E-state index is 0.0289. The summed E-state index contributed by atoms with van der Waals surface area (Å²) in [6.45, 7) is 2.18. The first kappa shape index (κ1) is 19.7. The van der Waals surface area contributed by atoms with Gasteiger partial charge in [-0.2, -0.15) is 0 Å². The maximum absolute atomic E-state index is 12.5. The van der Waals surface area contributed by atoms with E-state index in [0.29, 0.717) is 29.6 Å². The van der Waals surface area contributed by atoms with Crippen molar-refractivity contribution in [2.45, 2.75) is 18.8 Å². The van der Waals surface area contributed by atoms with Gasteiger partial charge >= 0.3 is 0 Å². The predicted molar refractivity (Wildman–Crippen MR) is 116 cm³/mol. The molecule has 0 saturated carbocycles. The van der Waals surface area contributed by atoms with Gasteiger partial charge in [0.05, 0.1) is 36.0 Å². The number of nitrogens with zero attached hydrogens (tertiary/aromatic N) is 2. The summed E-state index contributed by atoms with van der Waals surface area (Å²) in [6, 6.07) is 13.7. The van der Waals surface area contributed by atoms with Gasteiger partial charge in [-0.15, -0.1) is 11.3 Å². The van der Waals surface area contributed by atoms with Crippen molar-refractivity contribution in [1.29, 1.82) is 0 Å². The van der Waals surface area contributed by atoms with Crippen molar-refractivity contribution < 1.29 is 14.3 Å². The Bertz CT molecular complexity index is 941. The number of carbonyl (C=O) groups excluding carboxylic acids is 1. The van der Waals surface area contributed by atoms with Crippen molar-refractivity contribution in [3.8, 4) is 11.5 Å². The lowest BCUT2D eigenvalue weighted by Gasteiger charge is -2.30. The molecule has 0 unspecified atom stereocenters. The molecule has 152 valence electrons. The molecule has 1 amide bonds. The first-order valence-electron chi connectivity index (χ1n) is 9.75. The molecule has 7 heteroatoms. The number of thiazole rings is 1. The Morgan fingerprint density at radius 2 is 1.83 bits per heavy atom. The summed E-state index contributed by atoms with van der Waals surface area (Å²) in [7, 11) is 3.19. The van der Waals surface area contributed by atoms with Crippen LogP contribution in [0.3, 0.4) is 0 Å². The van der Waals surface area contributed by atoms with E-state index in [2.05, 4.69) is 28.4 Å². The minimum Gasteiger partial charge on any atom is -0.497 e. The molecule has 6 nitrogen and oxygen atoms in total. The molecule has 1 N–H and O–H groups in total. The van der Waals surface area contributed by atoms with E-state index in [4.69, 9.17) is 14.5 Å². The van der Waals surface area contributed by atoms with Crippen molar-refractivity contribution in [3.63, 3.8) is 0 Å². The van der Waals surface area contributed by atoms with E-state index in [0.717, 1.165) is 31.4 Å². The molecule has 1 fully saturated rings. The maximum atomic E-state index is 12.5. The Labute approximate surface area is 174 Å². The number of benzene rings is 2. The van der Waals surface area contributed by atoms with Gasteiger partial charge in [0, 0.05) is 29.8 Å². The third-order valence-corrected chi connectivity index (χ3v) is 6.45. The quantitative estimate of drug-likeness (QED) is 0.661. The number of methoxy groups -OCH3 is 2. The normalized spacial score (nSPS) is 15.4. The largest absolute Gasteiger partial charge is 0.497 e. The third kappa shape index (κ3) is 4.68. The smallest absolute Gasteiger partial charge is 0.238 e. The van der Waals surface area contributed by atoms with Crippen LogP contribution in [0, 0.1) is 0 Å². The van der Waals surface area contributed by atoms with Crippen LogP contribution < -0.4 is 14.8 Å². The number of anilines is 1. The third-order valence-electron chi connectivity index (χ3n) is 5.25. The molecular weight excluding hydrogens is 386 g/mol. The summed E-state index contributed by atoms with van der Waals surface area (Å²) in [5, 5.41) is 4.17. The minimum atomic E-state index is -0.0289. The van der Waals surface area contributed by atoms with E-state index < -0.39 is 0 Å². The highest BCUT2D eigenvalue weighted by atomic mass is 32.1. The van der Waals surface area contributed by atoms with Crippen molar-refractivity contribution in [2.75, 3.05) is 39.2 Å². The number of nitrogens with one attached hydrogen (secondary N) is 1. The monoisotopic (exact) mass is 411 g/mol. The second kappa shape index (κ2) is 8.80. The van der Waals surface area contributed by atoms with E-state index in [1.807, 2.05) is 6.07 Å². The number of hydrogen-bond acceptors (Lipinski definition) is 6. The van der Waals surface area contributed by atoms with Crippen LogP contribution in [0.5, 0.6) is 11.5 Å². The van der Waals surface area contributed by atoms with Gasteiger partial charge in [0.2, 0.25) is 5.91 Å². The molecule has 4 rings (SSSR count). The molecule has 0 aliphatic carbocycles. The standard InChI is InChI=1S/C22H25N3O3S/c1-27-17-11-16(12-18(13-17)28-2)23-21(26)14-25-9-7-15(8-10-25)22-24-19-5-3-4-6-20(19)29-22/h3-6,11-13,15H,7-10,14H2,1-2H3,(H,23,26). The van der Waals surface area contributed by atoms with Crippen LogP contribution in [0.15, 0.2) is 42.5 Å². The van der Waals surface area contributed by atoms with Crippen LogP contribution in [0.25, 0.3) is 10.2 Å². The van der Waals surface area contributed by atoms with Crippen LogP contribution in [0.1, 0.15) is 23.8 Å². The highest BCUT2D eigenvalue weighted by molar-refractivity contribution is 7.18. The Kier molecular flexibility index (Phi) is 5.97. The number of fused-ring (bicyclic) bond motifs is 1. The molecule has 2 aromatic carbocycles. The number of aromatic nitrogens is 1. The van der Waals surface area contributed by atoms with E-state index in [9.17, 15) is 4.79 Å². The van der Waals surface area contributed by atoms with Crippen LogP contribution in [-0.4, -0.2) is 49.6 Å². The highest BCUT2D eigenvalue weighted by Crippen LogP contribution is 2.33. The zero-order chi connectivity index (χ0) is 20.2. The first-order valence-corrected chi connectivity index (χ1v) is 10.6. The van der Waals surface area contributed by atoms with Gasteiger partial charge in [0.25, 0.3) is 0 Å². The second-order valence-corrected chi connectivity index (χ2v) is 8.28. The van der Waals surface area contributed by atoms with Gasteiger partial charge in [-0.3, -0.25) is 9.69 Å². The summed E-state index contributed by atoms with van der Waals surface area (Å²) in [5.41, 5.74) is 1.76. The Balaban J connectivity index is 1.32. The SMILES string of the molecule is COc1cc(NC(=O)CN2CCC(c3nc4ccccc4s3)CC2)cc(OC)c1. The Hall–Kier alpha value is -2.64. The fourth-order valence-corrected chi connectivity index (χ4v) is 4.82. The van der Waals surface area contributed by atoms with Crippen LogP contribution in [0.2, 0.25) is 0 Å². The van der Waals surface area contributed by atoms with E-state index in [-0.39, 0.29) is 5.91 Å². The fourth-order valence-electron chi connectivity index (χ4n) is 3.69. The zero-order valence-corrected chi connectivity index (χ0v) is 17.5. The van der Waals surface area contributed by atoms with Gasteiger partial charge in [-0.25, -0.2) is 4.98 Å². The van der Waals surface area contributed by atoms with Gasteiger partial charge in [-0.1, -0.05) is 12.1 Å². The summed E-state index contributed by atoms with van der Waals surface area (Å²) in [4.78, 5) is 19.5. The first-order chi connectivity index (χ1) is 14.1. The predicted octanol–water partition coefficient (Wildman–Crippen LogP) is 4.13. The molecular formula is C22H25N3O3S. The molecule has 1 saturated heterocycles. The molecule has 0 spiro atoms. The lowest BCUT2D eigenvalue weighted by atomic mass is 9.97. The van der Waals surface area contributed by atoms with Crippen molar-refractivity contribution in [3.05, 3.63) is 47.5 Å². The van der Waals surface area contributed by atoms with Gasteiger partial charge in [0.1, 0.15) is 11.5 Å². The molecule has 0 bridgehead atoms. The molecule has 0 atom stereocenters. The molecule has 29 heavy (non-hydrogen) atoms. The number of likely N-dealkylation sites (tertiary alicyclic amines) is 1. The van der Waals surface area contributed by atoms with E-state index in [1.165, 1.54) is 9.71 Å². The average molecular weight is 412 g/mol. The van der Waals surface area contributed by atoms with Crippen molar-refractivity contribution in [1.82, 2.24) is 9.88 Å². The van der Waals surface area contributed by atoms with Crippen molar-refractivity contribution in [2.24, 2.45) is 0 Å².